The molecule has 0 saturated heterocycles. The summed E-state index contributed by atoms with van der Waals surface area (Å²) in [5.74, 6) is -0.584. The van der Waals surface area contributed by atoms with Gasteiger partial charge in [0.15, 0.2) is 0 Å². The molecule has 4 atom stereocenters. The quantitative estimate of drug-likeness (QED) is 0.0308. The normalized spacial score (nSPS) is 13.9. The van der Waals surface area contributed by atoms with Gasteiger partial charge in [0.1, 0.15) is 12.2 Å². The first-order chi connectivity index (χ1) is 32.0. The maximum Gasteiger partial charge on any atom is 0.249 e. The molecule has 0 aliphatic heterocycles. The number of nitrogens with one attached hydrogen (secondary N) is 1. The summed E-state index contributed by atoms with van der Waals surface area (Å²) in [6, 6.07) is -0.988. The minimum absolute atomic E-state index is 0.364. The van der Waals surface area contributed by atoms with Gasteiger partial charge in [-0.2, -0.15) is 0 Å². The van der Waals surface area contributed by atoms with Gasteiger partial charge in [-0.05, 0) is 44.9 Å². The van der Waals surface area contributed by atoms with Gasteiger partial charge in [0.2, 0.25) is 5.91 Å². The fourth-order valence-electron chi connectivity index (χ4n) is 9.32. The molecule has 386 valence electrons. The zero-order valence-corrected chi connectivity index (χ0v) is 43.8. The summed E-state index contributed by atoms with van der Waals surface area (Å²) in [5, 5.41) is 44.1. The van der Waals surface area contributed by atoms with Crippen LogP contribution >= 0.6 is 0 Å². The van der Waals surface area contributed by atoms with Crippen molar-refractivity contribution in [3.05, 3.63) is 24.3 Å². The Morgan fingerprint density at radius 3 is 0.969 bits per heavy atom. The van der Waals surface area contributed by atoms with Crippen LogP contribution in [-0.4, -0.2) is 57.3 Å². The maximum absolute atomic E-state index is 12.6. The molecule has 0 spiro atoms. The van der Waals surface area contributed by atoms with Gasteiger partial charge in [0.25, 0.3) is 0 Å². The lowest BCUT2D eigenvalue weighted by atomic mass is 9.99. The van der Waals surface area contributed by atoms with Gasteiger partial charge >= 0.3 is 0 Å². The van der Waals surface area contributed by atoms with Crippen LogP contribution in [0.25, 0.3) is 0 Å². The van der Waals surface area contributed by atoms with Crippen molar-refractivity contribution in [1.29, 1.82) is 0 Å². The monoisotopic (exact) mass is 918 g/mol. The molecule has 0 aliphatic rings. The van der Waals surface area contributed by atoms with Gasteiger partial charge in [-0.3, -0.25) is 4.79 Å². The van der Waals surface area contributed by atoms with E-state index in [4.69, 9.17) is 0 Å². The van der Waals surface area contributed by atoms with E-state index in [0.717, 1.165) is 44.9 Å². The lowest BCUT2D eigenvalue weighted by Crippen LogP contribution is -2.53. The summed E-state index contributed by atoms with van der Waals surface area (Å²) >= 11 is 0. The molecule has 0 fully saturated rings. The molecule has 1 amide bonds. The van der Waals surface area contributed by atoms with Crippen molar-refractivity contribution < 1.29 is 25.2 Å². The van der Waals surface area contributed by atoms with Crippen LogP contribution in [0.1, 0.15) is 316 Å². The number of rotatable bonds is 54. The van der Waals surface area contributed by atoms with Crippen molar-refractivity contribution in [3.63, 3.8) is 0 Å². The molecule has 0 saturated carbocycles. The van der Waals surface area contributed by atoms with E-state index in [1.807, 2.05) is 0 Å². The topological polar surface area (TPSA) is 110 Å². The minimum atomic E-state index is -1.26. The number of allylic oxidation sites excluding steroid dienone is 4. The van der Waals surface area contributed by atoms with Gasteiger partial charge in [-0.1, -0.05) is 295 Å². The Morgan fingerprint density at radius 1 is 0.385 bits per heavy atom. The Labute approximate surface area is 405 Å². The predicted octanol–water partition coefficient (Wildman–Crippen LogP) is 17.0. The number of carbonyl (C=O) groups is 1. The average Bonchev–Trinajstić information content (AvgIpc) is 3.31. The van der Waals surface area contributed by atoms with E-state index in [0.29, 0.717) is 12.8 Å². The molecule has 0 heterocycles. The molecule has 0 bridgehead atoms. The third-order valence-corrected chi connectivity index (χ3v) is 13.9. The molecule has 4 unspecified atom stereocenters. The molecular weight excluding hydrogens is 803 g/mol. The maximum atomic E-state index is 12.6. The van der Waals surface area contributed by atoms with Crippen LogP contribution in [0.15, 0.2) is 24.3 Å². The third-order valence-electron chi connectivity index (χ3n) is 13.9. The minimum Gasteiger partial charge on any atom is -0.394 e. The first-order valence-electron chi connectivity index (χ1n) is 29.2. The van der Waals surface area contributed by atoms with Crippen LogP contribution in [0.5, 0.6) is 0 Å². The second-order valence-electron chi connectivity index (χ2n) is 20.3. The zero-order chi connectivity index (χ0) is 47.4. The lowest BCUT2D eigenvalue weighted by Gasteiger charge is -2.27. The van der Waals surface area contributed by atoms with E-state index in [1.165, 1.54) is 244 Å². The standard InChI is InChI=1S/C59H115NO5/c1-3-5-7-9-11-13-15-17-19-21-23-25-27-29-31-32-34-36-38-40-42-44-46-48-50-52-56(62)58(64)55(54-61)60-59(65)57(63)53-51-49-47-45-43-41-39-37-35-33-30-28-26-24-22-20-18-16-14-12-10-8-6-4-2/h24,26,30,33,55-58,61-64H,3-23,25,27-29,31-32,34-54H2,1-2H3,(H,60,65)/b26-24-,33-30-. The molecule has 0 rings (SSSR count). The highest BCUT2D eigenvalue weighted by Gasteiger charge is 2.28. The summed E-state index contributed by atoms with van der Waals surface area (Å²) < 4.78 is 0. The van der Waals surface area contributed by atoms with Crippen LogP contribution in [0.4, 0.5) is 0 Å². The molecular formula is C59H115NO5. The van der Waals surface area contributed by atoms with Crippen LogP contribution < -0.4 is 5.32 Å². The van der Waals surface area contributed by atoms with Crippen molar-refractivity contribution in [2.24, 2.45) is 0 Å². The van der Waals surface area contributed by atoms with E-state index in [2.05, 4.69) is 43.5 Å². The lowest BCUT2D eigenvalue weighted by molar-refractivity contribution is -0.132. The van der Waals surface area contributed by atoms with Gasteiger partial charge in [0.05, 0.1) is 18.8 Å². The molecule has 0 aromatic carbocycles. The van der Waals surface area contributed by atoms with Crippen molar-refractivity contribution >= 4 is 5.91 Å². The number of aliphatic hydroxyl groups excluding tert-OH is 4. The highest BCUT2D eigenvalue weighted by molar-refractivity contribution is 5.80. The average molecular weight is 919 g/mol. The largest absolute Gasteiger partial charge is 0.394 e. The Bertz CT molecular complexity index is 986. The van der Waals surface area contributed by atoms with Gasteiger partial charge in [-0.25, -0.2) is 0 Å². The van der Waals surface area contributed by atoms with Crippen molar-refractivity contribution in [3.8, 4) is 0 Å². The van der Waals surface area contributed by atoms with E-state index < -0.39 is 36.9 Å². The predicted molar refractivity (Wildman–Crippen MR) is 284 cm³/mol. The number of hydrogen-bond donors (Lipinski definition) is 5. The molecule has 0 aliphatic carbocycles. The zero-order valence-electron chi connectivity index (χ0n) is 43.8. The van der Waals surface area contributed by atoms with E-state index in [-0.39, 0.29) is 0 Å². The summed E-state index contributed by atoms with van der Waals surface area (Å²) in [5.41, 5.74) is 0. The molecule has 0 radical (unpaired) electrons. The number of aliphatic hydroxyl groups is 4. The van der Waals surface area contributed by atoms with Crippen molar-refractivity contribution in [1.82, 2.24) is 5.32 Å². The van der Waals surface area contributed by atoms with Gasteiger partial charge < -0.3 is 25.7 Å². The molecule has 0 aromatic rings. The summed E-state index contributed by atoms with van der Waals surface area (Å²) in [6.45, 7) is 4.09. The van der Waals surface area contributed by atoms with Crippen molar-refractivity contribution in [2.75, 3.05) is 6.61 Å². The van der Waals surface area contributed by atoms with E-state index in [9.17, 15) is 25.2 Å². The first kappa shape index (κ1) is 63.8. The molecule has 6 nitrogen and oxygen atoms in total. The van der Waals surface area contributed by atoms with Crippen molar-refractivity contribution in [2.45, 2.75) is 340 Å². The summed E-state index contributed by atoms with van der Waals surface area (Å²) in [6.07, 6.45) is 65.3. The van der Waals surface area contributed by atoms with E-state index >= 15 is 0 Å². The number of hydrogen-bond acceptors (Lipinski definition) is 5. The second kappa shape index (κ2) is 53.7. The second-order valence-corrected chi connectivity index (χ2v) is 20.3. The Balaban J connectivity index is 3.62. The molecule has 6 heteroatoms. The fourth-order valence-corrected chi connectivity index (χ4v) is 9.32. The number of carbonyl (C=O) groups excluding carboxylic acids is 1. The van der Waals surface area contributed by atoms with Crippen LogP contribution in [0.2, 0.25) is 0 Å². The SMILES string of the molecule is CCCCCCCCCCC/C=C\C/C=C\CCCCCCCCCCC(O)C(=O)NC(CO)C(O)C(O)CCCCCCCCCCCCCCCCCCCCCCCCCCC. The van der Waals surface area contributed by atoms with Gasteiger partial charge in [-0.15, -0.1) is 0 Å². The van der Waals surface area contributed by atoms with Gasteiger partial charge in [0, 0.05) is 0 Å². The molecule has 65 heavy (non-hydrogen) atoms. The summed E-state index contributed by atoms with van der Waals surface area (Å²) in [7, 11) is 0. The van der Waals surface area contributed by atoms with Crippen LogP contribution in [0, 0.1) is 0 Å². The number of amides is 1. The molecule has 0 aromatic heterocycles. The molecule has 5 N–H and O–H groups in total. The first-order valence-corrected chi connectivity index (χ1v) is 29.2. The smallest absolute Gasteiger partial charge is 0.249 e. The number of unbranched alkanes of at least 4 members (excludes halogenated alkanes) is 41. The van der Waals surface area contributed by atoms with Crippen LogP contribution in [-0.2, 0) is 4.79 Å². The summed E-state index contributed by atoms with van der Waals surface area (Å²) in [4.78, 5) is 12.6. The third kappa shape index (κ3) is 47.6. The highest BCUT2D eigenvalue weighted by Crippen LogP contribution is 2.18. The Hall–Kier alpha value is -1.21. The van der Waals surface area contributed by atoms with E-state index in [1.54, 1.807) is 0 Å². The van der Waals surface area contributed by atoms with Crippen LogP contribution in [0.3, 0.4) is 0 Å². The fraction of sp³-hybridized carbons (Fsp3) is 0.915. The highest BCUT2D eigenvalue weighted by atomic mass is 16.3. The Morgan fingerprint density at radius 2 is 0.662 bits per heavy atom. The Kier molecular flexibility index (Phi) is 52.7.